The summed E-state index contributed by atoms with van der Waals surface area (Å²) in [6, 6.07) is 11.0. The van der Waals surface area contributed by atoms with Gasteiger partial charge < -0.3 is 29.9 Å². The Morgan fingerprint density at radius 3 is 2.73 bits per heavy atom. The highest BCUT2D eigenvalue weighted by molar-refractivity contribution is 5.86. The van der Waals surface area contributed by atoms with Gasteiger partial charge in [-0.1, -0.05) is 12.1 Å². The largest absolute Gasteiger partial charge is 0.595 e. The molecule has 0 bridgehead atoms. The molecule has 1 aromatic heterocycles. The summed E-state index contributed by atoms with van der Waals surface area (Å²) in [6.07, 6.45) is 0. The minimum Gasteiger partial charge on any atom is -0.595 e. The Morgan fingerprint density at radius 2 is 2.07 bits per heavy atom. The summed E-state index contributed by atoms with van der Waals surface area (Å²) in [6.45, 7) is 0. The van der Waals surface area contributed by atoms with Gasteiger partial charge in [0.05, 0.1) is 24.0 Å². The van der Waals surface area contributed by atoms with Crippen molar-refractivity contribution in [1.82, 2.24) is 0 Å². The summed E-state index contributed by atoms with van der Waals surface area (Å²) in [5.74, 6) is -1.97. The second-order valence-electron chi connectivity index (χ2n) is 6.48. The molecule has 1 aliphatic heterocycles. The lowest BCUT2D eigenvalue weighted by Gasteiger charge is -2.27. The number of aromatic hydroxyl groups is 1. The molecule has 1 aliphatic rings. The van der Waals surface area contributed by atoms with E-state index in [2.05, 4.69) is 0 Å². The molecule has 1 unspecified atom stereocenters. The van der Waals surface area contributed by atoms with Crippen LogP contribution in [0.2, 0.25) is 0 Å². The zero-order valence-electron chi connectivity index (χ0n) is 15.5. The maximum atomic E-state index is 12.8. The number of benzene rings is 2. The van der Waals surface area contributed by atoms with Gasteiger partial charge in [0.15, 0.2) is 11.5 Å². The number of hydrogen-bond acceptors (Lipinski definition) is 9. The summed E-state index contributed by atoms with van der Waals surface area (Å²) in [4.78, 5) is 12.8. The van der Waals surface area contributed by atoms with Crippen LogP contribution in [0.5, 0.6) is 17.2 Å². The molecule has 10 nitrogen and oxygen atoms in total. The number of phenolic OH excluding ortho intramolecular Hbond substituents is 1. The van der Waals surface area contributed by atoms with Crippen LogP contribution < -0.4 is 26.1 Å². The van der Waals surface area contributed by atoms with Gasteiger partial charge in [0.1, 0.15) is 17.2 Å². The molecule has 2 heterocycles. The average molecular weight is 409 g/mol. The number of hydrogen-bond donors (Lipinski definition) is 4. The molecule has 0 spiro atoms. The monoisotopic (exact) mass is 409 g/mol. The van der Waals surface area contributed by atoms with Crippen molar-refractivity contribution in [2.24, 2.45) is 5.73 Å². The fraction of sp³-hybridized carbons (Fsp3) is 0.100. The van der Waals surface area contributed by atoms with Gasteiger partial charge in [0.2, 0.25) is 17.3 Å². The predicted molar refractivity (Wildman–Crippen MR) is 102 cm³/mol. The first-order valence-electron chi connectivity index (χ1n) is 8.64. The summed E-state index contributed by atoms with van der Waals surface area (Å²) >= 11 is 0. The maximum Gasteiger partial charge on any atom is 0.344 e. The molecule has 5 N–H and O–H groups in total. The Kier molecular flexibility index (Phi) is 4.56. The SMILES string of the molecule is COc1c(O)cc([C@H]2C(C#N)=C(N)Oc3c2c(=O)oc2ccccc32)cc1[NH+]([O-])O. The van der Waals surface area contributed by atoms with Crippen molar-refractivity contribution in [2.45, 2.75) is 5.92 Å². The minimum absolute atomic E-state index is 0.0274. The normalized spacial score (nSPS) is 16.5. The number of phenols is 1. The molecule has 2 atom stereocenters. The van der Waals surface area contributed by atoms with E-state index in [4.69, 9.17) is 19.6 Å². The summed E-state index contributed by atoms with van der Waals surface area (Å²) in [5, 5.41) is 40.3. The lowest BCUT2D eigenvalue weighted by Crippen LogP contribution is -2.99. The molecular weight excluding hydrogens is 394 g/mol. The molecule has 0 fully saturated rings. The van der Waals surface area contributed by atoms with Gasteiger partial charge in [0, 0.05) is 6.07 Å². The van der Waals surface area contributed by atoms with Crippen LogP contribution >= 0.6 is 0 Å². The molecule has 0 radical (unpaired) electrons. The first-order valence-corrected chi connectivity index (χ1v) is 8.64. The minimum atomic E-state index is -1.36. The summed E-state index contributed by atoms with van der Waals surface area (Å²) < 4.78 is 16.0. The van der Waals surface area contributed by atoms with Crippen LogP contribution in [0, 0.1) is 16.5 Å². The van der Waals surface area contributed by atoms with Gasteiger partial charge in [-0.2, -0.15) is 10.5 Å². The molecule has 0 aliphatic carbocycles. The smallest absolute Gasteiger partial charge is 0.344 e. The lowest BCUT2D eigenvalue weighted by molar-refractivity contribution is -0.991. The first kappa shape index (κ1) is 19.3. The van der Waals surface area contributed by atoms with E-state index in [1.165, 1.54) is 19.2 Å². The Morgan fingerprint density at radius 1 is 1.33 bits per heavy atom. The highest BCUT2D eigenvalue weighted by Gasteiger charge is 2.36. The Labute approximate surface area is 168 Å². The quantitative estimate of drug-likeness (QED) is 0.366. The van der Waals surface area contributed by atoms with Crippen LogP contribution in [0.1, 0.15) is 17.0 Å². The van der Waals surface area contributed by atoms with E-state index >= 15 is 0 Å². The van der Waals surface area contributed by atoms with E-state index in [9.17, 15) is 25.6 Å². The van der Waals surface area contributed by atoms with E-state index in [-0.39, 0.29) is 45.4 Å². The average Bonchev–Trinajstić information content (AvgIpc) is 2.72. The second kappa shape index (κ2) is 7.09. The number of nitrogens with zero attached hydrogens (tertiary/aromatic N) is 1. The number of allylic oxidation sites excluding steroid dienone is 1. The van der Waals surface area contributed by atoms with Gasteiger partial charge in [-0.3, -0.25) is 0 Å². The van der Waals surface area contributed by atoms with Crippen LogP contribution in [0.3, 0.4) is 0 Å². The van der Waals surface area contributed by atoms with E-state index in [0.717, 1.165) is 0 Å². The predicted octanol–water partition coefficient (Wildman–Crippen LogP) is 1.13. The first-order chi connectivity index (χ1) is 14.4. The third-order valence-electron chi connectivity index (χ3n) is 4.83. The van der Waals surface area contributed by atoms with E-state index in [1.807, 2.05) is 6.07 Å². The highest BCUT2D eigenvalue weighted by atomic mass is 16.8. The van der Waals surface area contributed by atoms with Gasteiger partial charge in [0.25, 0.3) is 0 Å². The lowest BCUT2D eigenvalue weighted by atomic mass is 9.83. The topological polar surface area (TPSA) is 166 Å². The number of nitriles is 1. The van der Waals surface area contributed by atoms with Crippen LogP contribution in [-0.4, -0.2) is 17.4 Å². The Balaban J connectivity index is 2.07. The second-order valence-corrected chi connectivity index (χ2v) is 6.48. The molecule has 10 heteroatoms. The van der Waals surface area contributed by atoms with Gasteiger partial charge >= 0.3 is 5.63 Å². The third-order valence-corrected chi connectivity index (χ3v) is 4.83. The molecular formula is C20H15N3O7. The van der Waals surface area contributed by atoms with Crippen LogP contribution in [-0.2, 0) is 0 Å². The fourth-order valence-corrected chi connectivity index (χ4v) is 3.57. The van der Waals surface area contributed by atoms with Crippen molar-refractivity contribution >= 4 is 16.7 Å². The highest BCUT2D eigenvalue weighted by Crippen LogP contribution is 2.46. The van der Waals surface area contributed by atoms with Gasteiger partial charge in [-0.05, 0) is 23.8 Å². The van der Waals surface area contributed by atoms with E-state index in [1.54, 1.807) is 24.3 Å². The number of nitrogens with one attached hydrogen (secondary N) is 1. The zero-order valence-corrected chi connectivity index (χ0v) is 15.5. The fourth-order valence-electron chi connectivity index (χ4n) is 3.57. The number of ether oxygens (including phenoxy) is 2. The molecule has 3 aromatic rings. The number of para-hydroxylation sites is 1. The molecule has 0 amide bonds. The Hall–Kier alpha value is -4.04. The number of rotatable bonds is 3. The van der Waals surface area contributed by atoms with Crippen molar-refractivity contribution in [3.05, 3.63) is 74.6 Å². The molecule has 30 heavy (non-hydrogen) atoms. The zero-order chi connectivity index (χ0) is 21.6. The van der Waals surface area contributed by atoms with Gasteiger partial charge in [-0.25, -0.2) is 10.0 Å². The molecule has 4 rings (SSSR count). The van der Waals surface area contributed by atoms with Crippen LogP contribution in [0.25, 0.3) is 11.0 Å². The van der Waals surface area contributed by atoms with Crippen molar-refractivity contribution in [1.29, 1.82) is 5.26 Å². The van der Waals surface area contributed by atoms with Crippen LogP contribution in [0.15, 0.2) is 57.1 Å². The summed E-state index contributed by atoms with van der Waals surface area (Å²) in [7, 11) is 1.21. The Bertz CT molecular complexity index is 1300. The van der Waals surface area contributed by atoms with Crippen LogP contribution in [0.4, 0.5) is 5.69 Å². The van der Waals surface area contributed by atoms with E-state index in [0.29, 0.717) is 5.39 Å². The van der Waals surface area contributed by atoms with Crippen molar-refractivity contribution in [3.8, 4) is 23.3 Å². The van der Waals surface area contributed by atoms with Crippen molar-refractivity contribution < 1.29 is 29.4 Å². The van der Waals surface area contributed by atoms with E-state index < -0.39 is 22.5 Å². The molecule has 152 valence electrons. The number of fused-ring (bicyclic) bond motifs is 3. The third kappa shape index (κ3) is 2.82. The maximum absolute atomic E-state index is 12.8. The summed E-state index contributed by atoms with van der Waals surface area (Å²) in [5.41, 5.74) is 5.09. The number of quaternary nitrogens is 1. The van der Waals surface area contributed by atoms with Gasteiger partial charge in [-0.15, -0.1) is 0 Å². The molecule has 0 saturated carbocycles. The number of methoxy groups -OCH3 is 1. The molecule has 2 aromatic carbocycles. The standard InChI is InChI=1S/C20H15N3O7/c1-28-18-12(23(26)27)6-9(7-13(18)24)15-11(8-21)19(22)30-17-10-4-2-3-5-14(10)29-20(25)16(15)17/h2-7,15,23-24,26H,22H2,1H3/t15-/m0/s1. The number of nitrogens with two attached hydrogens (primary N) is 1. The van der Waals surface area contributed by atoms with Crippen molar-refractivity contribution in [2.75, 3.05) is 7.11 Å². The molecule has 0 saturated heterocycles. The van der Waals surface area contributed by atoms with Crippen molar-refractivity contribution in [3.63, 3.8) is 0 Å².